The Labute approximate surface area is 124 Å². The predicted molar refractivity (Wildman–Crippen MR) is 82.2 cm³/mol. The van der Waals surface area contributed by atoms with Gasteiger partial charge >= 0.3 is 0 Å². The number of hydrogen-bond acceptors (Lipinski definition) is 5. The highest BCUT2D eigenvalue weighted by Crippen LogP contribution is 2.29. The molecular formula is C16H21N3O2. The number of phenolic OH excluding ortho intramolecular Hbond substituents is 2. The molecule has 21 heavy (non-hydrogen) atoms. The molecule has 0 spiro atoms. The van der Waals surface area contributed by atoms with E-state index in [2.05, 4.69) is 29.1 Å². The largest absolute Gasteiger partial charge is 0.504 e. The first-order chi connectivity index (χ1) is 10.0. The highest BCUT2D eigenvalue weighted by Gasteiger charge is 2.12. The second-order valence-electron chi connectivity index (χ2n) is 5.11. The number of nitrogens with zero attached hydrogens (tertiary/aromatic N) is 2. The lowest BCUT2D eigenvalue weighted by Crippen LogP contribution is -2.20. The summed E-state index contributed by atoms with van der Waals surface area (Å²) in [5, 5.41) is 22.3. The van der Waals surface area contributed by atoms with Crippen LogP contribution in [-0.2, 0) is 0 Å². The molecule has 1 atom stereocenters. The number of phenols is 2. The topological polar surface area (TPSA) is 78.3 Å². The highest BCUT2D eigenvalue weighted by atomic mass is 16.3. The Morgan fingerprint density at radius 2 is 2.00 bits per heavy atom. The number of aryl methyl sites for hydroxylation is 1. The van der Waals surface area contributed by atoms with Crippen molar-refractivity contribution in [3.05, 3.63) is 35.7 Å². The van der Waals surface area contributed by atoms with E-state index >= 15 is 0 Å². The molecule has 2 rings (SSSR count). The van der Waals surface area contributed by atoms with Crippen molar-refractivity contribution >= 4 is 0 Å². The van der Waals surface area contributed by atoms with Crippen molar-refractivity contribution in [3.63, 3.8) is 0 Å². The van der Waals surface area contributed by atoms with Crippen molar-refractivity contribution in [2.75, 3.05) is 6.54 Å². The van der Waals surface area contributed by atoms with Gasteiger partial charge in [-0.3, -0.25) is 0 Å². The Bertz CT molecular complexity index is 629. The Morgan fingerprint density at radius 3 is 2.62 bits per heavy atom. The van der Waals surface area contributed by atoms with Crippen LogP contribution in [0, 0.1) is 6.92 Å². The highest BCUT2D eigenvalue weighted by molar-refractivity contribution is 5.60. The molecule has 0 saturated heterocycles. The average Bonchev–Trinajstić information content (AvgIpc) is 2.47. The third-order valence-corrected chi connectivity index (χ3v) is 3.42. The Hall–Kier alpha value is -2.14. The lowest BCUT2D eigenvalue weighted by atomic mass is 10.1. The van der Waals surface area contributed by atoms with Crippen molar-refractivity contribution in [1.29, 1.82) is 0 Å². The molecule has 112 valence electrons. The third-order valence-electron chi connectivity index (χ3n) is 3.42. The first kappa shape index (κ1) is 15.3. The second-order valence-corrected chi connectivity index (χ2v) is 5.11. The zero-order chi connectivity index (χ0) is 15.4. The van der Waals surface area contributed by atoms with Gasteiger partial charge in [-0.1, -0.05) is 6.92 Å². The average molecular weight is 287 g/mol. The van der Waals surface area contributed by atoms with Gasteiger partial charge in [0.25, 0.3) is 0 Å². The van der Waals surface area contributed by atoms with Gasteiger partial charge in [0.15, 0.2) is 17.3 Å². The smallest absolute Gasteiger partial charge is 0.159 e. The summed E-state index contributed by atoms with van der Waals surface area (Å²) in [5.41, 5.74) is 2.65. The van der Waals surface area contributed by atoms with Gasteiger partial charge in [-0.05, 0) is 45.0 Å². The first-order valence-corrected chi connectivity index (χ1v) is 7.12. The van der Waals surface area contributed by atoms with Crippen LogP contribution in [0.4, 0.5) is 0 Å². The van der Waals surface area contributed by atoms with E-state index in [1.807, 2.05) is 13.1 Å². The SMILES string of the molecule is CCCNC(C)c1cnc(-c2ccc(O)c(O)c2)nc1C. The third kappa shape index (κ3) is 3.49. The fraction of sp³-hybridized carbons (Fsp3) is 0.375. The molecule has 5 nitrogen and oxygen atoms in total. The number of benzene rings is 1. The molecule has 1 unspecified atom stereocenters. The molecule has 3 N–H and O–H groups in total. The zero-order valence-corrected chi connectivity index (χ0v) is 12.6. The van der Waals surface area contributed by atoms with Crippen LogP contribution < -0.4 is 5.32 Å². The molecule has 5 heteroatoms. The van der Waals surface area contributed by atoms with Gasteiger partial charge in [0.1, 0.15) is 0 Å². The number of nitrogens with one attached hydrogen (secondary N) is 1. The summed E-state index contributed by atoms with van der Waals surface area (Å²) in [4.78, 5) is 8.87. The Kier molecular flexibility index (Phi) is 4.75. The van der Waals surface area contributed by atoms with Crippen molar-refractivity contribution in [2.24, 2.45) is 0 Å². The molecule has 0 aliphatic heterocycles. The maximum absolute atomic E-state index is 9.56. The van der Waals surface area contributed by atoms with Gasteiger partial charge in [0.05, 0.1) is 0 Å². The predicted octanol–water partition coefficient (Wildman–Crippen LogP) is 2.92. The molecule has 1 aromatic heterocycles. The minimum atomic E-state index is -0.171. The van der Waals surface area contributed by atoms with Gasteiger partial charge in [-0.25, -0.2) is 9.97 Å². The molecule has 0 amide bonds. The monoisotopic (exact) mass is 287 g/mol. The molecule has 0 radical (unpaired) electrons. The molecule has 0 saturated carbocycles. The molecular weight excluding hydrogens is 266 g/mol. The summed E-state index contributed by atoms with van der Waals surface area (Å²) in [6.45, 7) is 7.12. The van der Waals surface area contributed by atoms with E-state index in [1.165, 1.54) is 12.1 Å². The molecule has 1 heterocycles. The van der Waals surface area contributed by atoms with Gasteiger partial charge in [-0.2, -0.15) is 0 Å². The summed E-state index contributed by atoms with van der Waals surface area (Å²) >= 11 is 0. The minimum absolute atomic E-state index is 0.149. The van der Waals surface area contributed by atoms with Crippen LogP contribution in [-0.4, -0.2) is 26.7 Å². The lowest BCUT2D eigenvalue weighted by Gasteiger charge is -2.15. The van der Waals surface area contributed by atoms with E-state index < -0.39 is 0 Å². The molecule has 1 aromatic carbocycles. The molecule has 2 aromatic rings. The van der Waals surface area contributed by atoms with Crippen LogP contribution in [0.5, 0.6) is 11.5 Å². The van der Waals surface area contributed by atoms with Crippen molar-refractivity contribution in [3.8, 4) is 22.9 Å². The normalized spacial score (nSPS) is 12.3. The summed E-state index contributed by atoms with van der Waals surface area (Å²) in [6, 6.07) is 4.78. The number of rotatable bonds is 5. The van der Waals surface area contributed by atoms with Gasteiger partial charge < -0.3 is 15.5 Å². The van der Waals surface area contributed by atoms with Gasteiger partial charge in [-0.15, -0.1) is 0 Å². The van der Waals surface area contributed by atoms with E-state index in [-0.39, 0.29) is 17.5 Å². The van der Waals surface area contributed by atoms with E-state index in [9.17, 15) is 10.2 Å². The molecule has 0 bridgehead atoms. The fourth-order valence-electron chi connectivity index (χ4n) is 2.17. The van der Waals surface area contributed by atoms with Gasteiger partial charge in [0.2, 0.25) is 0 Å². The van der Waals surface area contributed by atoms with E-state index in [4.69, 9.17) is 0 Å². The van der Waals surface area contributed by atoms with Crippen LogP contribution in [0.3, 0.4) is 0 Å². The molecule has 0 fully saturated rings. The van der Waals surface area contributed by atoms with E-state index in [0.717, 1.165) is 24.2 Å². The maximum Gasteiger partial charge on any atom is 0.159 e. The second kappa shape index (κ2) is 6.54. The van der Waals surface area contributed by atoms with Crippen molar-refractivity contribution in [2.45, 2.75) is 33.2 Å². The van der Waals surface area contributed by atoms with Crippen molar-refractivity contribution in [1.82, 2.24) is 15.3 Å². The van der Waals surface area contributed by atoms with Crippen LogP contribution in [0.1, 0.15) is 37.6 Å². The van der Waals surface area contributed by atoms with E-state index in [1.54, 1.807) is 6.07 Å². The lowest BCUT2D eigenvalue weighted by molar-refractivity contribution is 0.404. The summed E-state index contributed by atoms with van der Waals surface area (Å²) in [7, 11) is 0. The first-order valence-electron chi connectivity index (χ1n) is 7.12. The van der Waals surface area contributed by atoms with Crippen LogP contribution >= 0.6 is 0 Å². The maximum atomic E-state index is 9.56. The minimum Gasteiger partial charge on any atom is -0.504 e. The van der Waals surface area contributed by atoms with Gasteiger partial charge in [0, 0.05) is 29.1 Å². The van der Waals surface area contributed by atoms with Crippen molar-refractivity contribution < 1.29 is 10.2 Å². The summed E-state index contributed by atoms with van der Waals surface area (Å²) in [5.74, 6) is 0.217. The number of hydrogen-bond donors (Lipinski definition) is 3. The zero-order valence-electron chi connectivity index (χ0n) is 12.6. The van der Waals surface area contributed by atoms with E-state index in [0.29, 0.717) is 11.4 Å². The molecule has 0 aliphatic carbocycles. The molecule has 0 aliphatic rings. The fourth-order valence-corrected chi connectivity index (χ4v) is 2.17. The van der Waals surface area contributed by atoms with Crippen LogP contribution in [0.2, 0.25) is 0 Å². The quantitative estimate of drug-likeness (QED) is 0.737. The van der Waals surface area contributed by atoms with Crippen LogP contribution in [0.15, 0.2) is 24.4 Å². The summed E-state index contributed by atoms with van der Waals surface area (Å²) in [6.07, 6.45) is 2.89. The summed E-state index contributed by atoms with van der Waals surface area (Å²) < 4.78 is 0. The Morgan fingerprint density at radius 1 is 1.24 bits per heavy atom. The van der Waals surface area contributed by atoms with Crippen LogP contribution in [0.25, 0.3) is 11.4 Å². The Balaban J connectivity index is 2.27. The standard InChI is InChI=1S/C16H21N3O2/c1-4-7-17-10(2)13-9-18-16(19-11(13)3)12-5-6-14(20)15(21)8-12/h5-6,8-10,17,20-21H,4,7H2,1-3H3. The number of aromatic hydroxyl groups is 2. The number of aromatic nitrogens is 2.